The Morgan fingerprint density at radius 3 is 2.64 bits per heavy atom. The van der Waals surface area contributed by atoms with E-state index in [1.807, 2.05) is 0 Å². The number of anilines is 2. The first-order valence-electron chi connectivity index (χ1n) is 8.49. The number of nitrogens with zero attached hydrogens (tertiary/aromatic N) is 1. The van der Waals surface area contributed by atoms with Crippen molar-refractivity contribution in [2.24, 2.45) is 0 Å². The fourth-order valence-electron chi connectivity index (χ4n) is 3.10. The van der Waals surface area contributed by atoms with Gasteiger partial charge in [0.2, 0.25) is 10.0 Å². The highest BCUT2D eigenvalue weighted by molar-refractivity contribution is 7.93. The van der Waals surface area contributed by atoms with Crippen molar-refractivity contribution in [1.29, 1.82) is 0 Å². The van der Waals surface area contributed by atoms with Crippen molar-refractivity contribution < 1.29 is 17.6 Å². The molecule has 1 saturated heterocycles. The summed E-state index contributed by atoms with van der Waals surface area (Å²) in [4.78, 5) is 24.7. The molecular weight excluding hydrogens is 404 g/mol. The van der Waals surface area contributed by atoms with E-state index in [4.69, 9.17) is 16.0 Å². The summed E-state index contributed by atoms with van der Waals surface area (Å²) in [5.41, 5.74) is 0.177. The summed E-state index contributed by atoms with van der Waals surface area (Å²) >= 11 is 6.23. The van der Waals surface area contributed by atoms with Gasteiger partial charge in [-0.05, 0) is 36.8 Å². The van der Waals surface area contributed by atoms with Crippen molar-refractivity contribution in [2.75, 3.05) is 21.9 Å². The van der Waals surface area contributed by atoms with Crippen LogP contribution in [-0.4, -0.2) is 26.6 Å². The van der Waals surface area contributed by atoms with E-state index in [1.54, 1.807) is 30.3 Å². The molecule has 0 bridgehead atoms. The van der Waals surface area contributed by atoms with E-state index in [2.05, 4.69) is 5.32 Å². The molecule has 3 aromatic rings. The van der Waals surface area contributed by atoms with E-state index in [9.17, 15) is 18.0 Å². The average molecular weight is 419 g/mol. The standard InChI is InChI=1S/C19H15ClN2O5S/c20-15-11-13(22-8-3-9-28(22,25)26)6-7-16(15)21-18(23)14-10-12-4-1-2-5-17(12)27-19(14)24/h1-2,4-7,10-11H,3,8-9H2,(H,21,23). The first kappa shape index (κ1) is 18.5. The van der Waals surface area contributed by atoms with Crippen LogP contribution in [0.1, 0.15) is 16.8 Å². The van der Waals surface area contributed by atoms with Crippen LogP contribution in [0.3, 0.4) is 0 Å². The third-order valence-corrected chi connectivity index (χ3v) is 6.66. The number of fused-ring (bicyclic) bond motifs is 1. The molecule has 7 nitrogen and oxygen atoms in total. The molecule has 0 atom stereocenters. The predicted molar refractivity (Wildman–Crippen MR) is 108 cm³/mol. The van der Waals surface area contributed by atoms with E-state index in [-0.39, 0.29) is 22.0 Å². The van der Waals surface area contributed by atoms with Crippen molar-refractivity contribution in [1.82, 2.24) is 0 Å². The fourth-order valence-corrected chi connectivity index (χ4v) is 4.88. The molecule has 0 saturated carbocycles. The zero-order valence-electron chi connectivity index (χ0n) is 14.5. The van der Waals surface area contributed by atoms with Crippen LogP contribution in [-0.2, 0) is 10.0 Å². The topological polar surface area (TPSA) is 96.7 Å². The van der Waals surface area contributed by atoms with Gasteiger partial charge in [0.1, 0.15) is 11.1 Å². The number of nitrogens with one attached hydrogen (secondary N) is 1. The van der Waals surface area contributed by atoms with E-state index in [1.165, 1.54) is 22.5 Å². The number of benzene rings is 2. The lowest BCUT2D eigenvalue weighted by atomic mass is 10.1. The highest BCUT2D eigenvalue weighted by Gasteiger charge is 2.28. The third kappa shape index (κ3) is 3.36. The number of carbonyl (C=O) groups excluding carboxylic acids is 1. The summed E-state index contributed by atoms with van der Waals surface area (Å²) < 4.78 is 30.5. The maximum Gasteiger partial charge on any atom is 0.349 e. The number of carbonyl (C=O) groups is 1. The Labute approximate surface area is 165 Å². The van der Waals surface area contributed by atoms with Crippen LogP contribution in [0, 0.1) is 0 Å². The first-order valence-corrected chi connectivity index (χ1v) is 10.5. The fraction of sp³-hybridized carbons (Fsp3) is 0.158. The molecule has 1 aromatic heterocycles. The van der Waals surface area contributed by atoms with Crippen LogP contribution >= 0.6 is 11.6 Å². The maximum atomic E-state index is 12.5. The SMILES string of the molecule is O=C(Nc1ccc(N2CCCS2(=O)=O)cc1Cl)c1cc2ccccc2oc1=O. The summed E-state index contributed by atoms with van der Waals surface area (Å²) in [7, 11) is -3.33. The largest absolute Gasteiger partial charge is 0.422 e. The minimum Gasteiger partial charge on any atom is -0.422 e. The second-order valence-corrected chi connectivity index (χ2v) is 8.77. The van der Waals surface area contributed by atoms with Gasteiger partial charge in [0.25, 0.3) is 5.91 Å². The lowest BCUT2D eigenvalue weighted by molar-refractivity contribution is 0.102. The molecule has 1 fully saturated rings. The second-order valence-electron chi connectivity index (χ2n) is 6.35. The second kappa shape index (κ2) is 6.96. The summed E-state index contributed by atoms with van der Waals surface area (Å²) in [5, 5.41) is 3.36. The highest BCUT2D eigenvalue weighted by Crippen LogP contribution is 2.31. The van der Waals surface area contributed by atoms with Crippen molar-refractivity contribution in [3.63, 3.8) is 0 Å². The van der Waals surface area contributed by atoms with Gasteiger partial charge < -0.3 is 9.73 Å². The highest BCUT2D eigenvalue weighted by atomic mass is 35.5. The Morgan fingerprint density at radius 2 is 1.93 bits per heavy atom. The molecule has 4 rings (SSSR count). The summed E-state index contributed by atoms with van der Waals surface area (Å²) in [6.45, 7) is 0.391. The normalized spacial score (nSPS) is 15.7. The van der Waals surface area contributed by atoms with E-state index in [0.717, 1.165) is 0 Å². The van der Waals surface area contributed by atoms with Gasteiger partial charge in [-0.3, -0.25) is 9.10 Å². The average Bonchev–Trinajstić information content (AvgIpc) is 3.01. The van der Waals surface area contributed by atoms with Crippen molar-refractivity contribution in [3.8, 4) is 0 Å². The zero-order valence-corrected chi connectivity index (χ0v) is 16.1. The molecule has 1 N–H and O–H groups in total. The molecule has 9 heteroatoms. The Balaban J connectivity index is 1.62. The minimum atomic E-state index is -3.33. The lowest BCUT2D eigenvalue weighted by Gasteiger charge is -2.18. The van der Waals surface area contributed by atoms with Crippen LogP contribution in [0.25, 0.3) is 11.0 Å². The van der Waals surface area contributed by atoms with Gasteiger partial charge in [-0.25, -0.2) is 13.2 Å². The molecule has 1 aliphatic rings. The Morgan fingerprint density at radius 1 is 1.14 bits per heavy atom. The number of hydrogen-bond donors (Lipinski definition) is 1. The molecule has 28 heavy (non-hydrogen) atoms. The van der Waals surface area contributed by atoms with Crippen LogP contribution in [0.5, 0.6) is 0 Å². The number of sulfonamides is 1. The van der Waals surface area contributed by atoms with Gasteiger partial charge in [0, 0.05) is 11.9 Å². The van der Waals surface area contributed by atoms with Crippen LogP contribution in [0.4, 0.5) is 11.4 Å². The van der Waals surface area contributed by atoms with E-state index < -0.39 is 21.6 Å². The van der Waals surface area contributed by atoms with Gasteiger partial charge >= 0.3 is 5.63 Å². The molecule has 0 unspecified atom stereocenters. The van der Waals surface area contributed by atoms with Crippen molar-refractivity contribution in [2.45, 2.75) is 6.42 Å². The third-order valence-electron chi connectivity index (χ3n) is 4.47. The zero-order chi connectivity index (χ0) is 19.9. The molecule has 0 aliphatic carbocycles. The molecule has 1 amide bonds. The molecule has 2 aromatic carbocycles. The van der Waals surface area contributed by atoms with Gasteiger partial charge in [0.15, 0.2) is 0 Å². The van der Waals surface area contributed by atoms with Crippen molar-refractivity contribution >= 4 is 49.9 Å². The molecule has 2 heterocycles. The van der Waals surface area contributed by atoms with Gasteiger partial charge in [-0.15, -0.1) is 0 Å². The summed E-state index contributed by atoms with van der Waals surface area (Å²) in [6, 6.07) is 12.9. The summed E-state index contributed by atoms with van der Waals surface area (Å²) in [5.74, 6) is -0.566. The molecule has 144 valence electrons. The van der Waals surface area contributed by atoms with Gasteiger partial charge in [0.05, 0.1) is 22.2 Å². The summed E-state index contributed by atoms with van der Waals surface area (Å²) in [6.07, 6.45) is 0.552. The number of hydrogen-bond acceptors (Lipinski definition) is 5. The quantitative estimate of drug-likeness (QED) is 0.658. The monoisotopic (exact) mass is 418 g/mol. The maximum absolute atomic E-state index is 12.5. The predicted octanol–water partition coefficient (Wildman–Crippen LogP) is 3.24. The smallest absolute Gasteiger partial charge is 0.349 e. The number of halogens is 1. The Kier molecular flexibility index (Phi) is 4.60. The number of amides is 1. The molecular formula is C19H15ClN2O5S. The van der Waals surface area contributed by atoms with Crippen LogP contribution < -0.4 is 15.2 Å². The lowest BCUT2D eigenvalue weighted by Crippen LogP contribution is -2.25. The van der Waals surface area contributed by atoms with E-state index >= 15 is 0 Å². The minimum absolute atomic E-state index is 0.0981. The number of para-hydroxylation sites is 1. The first-order chi connectivity index (χ1) is 13.3. The Hall–Kier alpha value is -2.84. The molecule has 0 radical (unpaired) electrons. The van der Waals surface area contributed by atoms with Gasteiger partial charge in [-0.2, -0.15) is 0 Å². The number of rotatable bonds is 3. The van der Waals surface area contributed by atoms with E-state index in [0.29, 0.717) is 29.6 Å². The van der Waals surface area contributed by atoms with Crippen molar-refractivity contribution in [3.05, 3.63) is 69.5 Å². The molecule has 0 spiro atoms. The van der Waals surface area contributed by atoms with Gasteiger partial charge in [-0.1, -0.05) is 29.8 Å². The Bertz CT molecular complexity index is 1250. The van der Waals surface area contributed by atoms with Crippen LogP contribution in [0.15, 0.2) is 57.7 Å². The van der Waals surface area contributed by atoms with Crippen LogP contribution in [0.2, 0.25) is 5.02 Å². The molecule has 1 aliphatic heterocycles.